The molecule has 1 aromatic rings. The number of benzene rings is 1. The molecule has 0 N–H and O–H groups in total. The van der Waals surface area contributed by atoms with E-state index in [1.165, 1.54) is 5.56 Å². The van der Waals surface area contributed by atoms with Crippen LogP contribution in [0.4, 0.5) is 4.79 Å². The third kappa shape index (κ3) is 4.09. The fourth-order valence-corrected chi connectivity index (χ4v) is 5.51. The van der Waals surface area contributed by atoms with Gasteiger partial charge in [0.1, 0.15) is 0 Å². The van der Waals surface area contributed by atoms with Crippen LogP contribution in [0, 0.1) is 5.92 Å². The SMILES string of the molecule is CN(C(=O)N1CCC(Cc2ccccc2)CC1)C1CCS(=O)(=O)C1. The lowest BCUT2D eigenvalue weighted by Crippen LogP contribution is -2.49. The Labute approximate surface area is 144 Å². The molecule has 0 aromatic heterocycles. The first-order chi connectivity index (χ1) is 11.4. The molecule has 5 nitrogen and oxygen atoms in total. The Balaban J connectivity index is 1.50. The number of nitrogens with zero attached hydrogens (tertiary/aromatic N) is 2. The highest BCUT2D eigenvalue weighted by molar-refractivity contribution is 7.91. The van der Waals surface area contributed by atoms with E-state index in [0.717, 1.165) is 32.4 Å². The number of amides is 2. The topological polar surface area (TPSA) is 57.7 Å². The minimum Gasteiger partial charge on any atom is -0.325 e. The van der Waals surface area contributed by atoms with Crippen LogP contribution in [0.25, 0.3) is 0 Å². The van der Waals surface area contributed by atoms with Crippen molar-refractivity contribution in [3.63, 3.8) is 0 Å². The van der Waals surface area contributed by atoms with Gasteiger partial charge in [-0.1, -0.05) is 30.3 Å². The quantitative estimate of drug-likeness (QED) is 0.839. The maximum atomic E-state index is 12.6. The highest BCUT2D eigenvalue weighted by Gasteiger charge is 2.35. The number of hydrogen-bond acceptors (Lipinski definition) is 3. The summed E-state index contributed by atoms with van der Waals surface area (Å²) in [5, 5.41) is 0. The summed E-state index contributed by atoms with van der Waals surface area (Å²) in [6, 6.07) is 10.3. The third-order valence-electron chi connectivity index (χ3n) is 5.31. The van der Waals surface area contributed by atoms with Gasteiger partial charge in [-0.05, 0) is 37.2 Å². The third-order valence-corrected chi connectivity index (χ3v) is 7.06. The normalized spacial score (nSPS) is 24.0. The van der Waals surface area contributed by atoms with E-state index in [-0.39, 0.29) is 23.6 Å². The number of piperidine rings is 1. The molecule has 0 spiro atoms. The van der Waals surface area contributed by atoms with Crippen molar-refractivity contribution < 1.29 is 13.2 Å². The summed E-state index contributed by atoms with van der Waals surface area (Å²) >= 11 is 0. The largest absolute Gasteiger partial charge is 0.325 e. The van der Waals surface area contributed by atoms with Gasteiger partial charge in [0.05, 0.1) is 11.5 Å². The van der Waals surface area contributed by atoms with Gasteiger partial charge < -0.3 is 9.80 Å². The Morgan fingerprint density at radius 3 is 2.42 bits per heavy atom. The van der Waals surface area contributed by atoms with Crippen molar-refractivity contribution in [3.05, 3.63) is 35.9 Å². The molecule has 2 saturated heterocycles. The number of likely N-dealkylation sites (tertiary alicyclic amines) is 1. The number of rotatable bonds is 3. The highest BCUT2D eigenvalue weighted by Crippen LogP contribution is 2.24. The van der Waals surface area contributed by atoms with Crippen LogP contribution in [0.15, 0.2) is 30.3 Å². The smallest absolute Gasteiger partial charge is 0.320 e. The zero-order chi connectivity index (χ0) is 17.2. The second-order valence-electron chi connectivity index (χ2n) is 7.07. The Bertz CT molecular complexity index is 667. The summed E-state index contributed by atoms with van der Waals surface area (Å²) in [4.78, 5) is 16.1. The molecule has 2 aliphatic heterocycles. The molecule has 2 fully saturated rings. The Kier molecular flexibility index (Phi) is 5.13. The fourth-order valence-electron chi connectivity index (χ4n) is 3.74. The van der Waals surface area contributed by atoms with E-state index in [9.17, 15) is 13.2 Å². The maximum absolute atomic E-state index is 12.6. The molecule has 3 rings (SSSR count). The van der Waals surface area contributed by atoms with Gasteiger partial charge in [-0.3, -0.25) is 0 Å². The average Bonchev–Trinajstić information content (AvgIpc) is 2.95. The lowest BCUT2D eigenvalue weighted by Gasteiger charge is -2.36. The molecule has 2 aliphatic rings. The van der Waals surface area contributed by atoms with Gasteiger partial charge in [-0.25, -0.2) is 13.2 Å². The number of carbonyl (C=O) groups excluding carboxylic acids is 1. The van der Waals surface area contributed by atoms with Gasteiger partial charge in [0.15, 0.2) is 9.84 Å². The van der Waals surface area contributed by atoms with Gasteiger partial charge in [-0.15, -0.1) is 0 Å². The minimum atomic E-state index is -2.96. The Morgan fingerprint density at radius 1 is 1.17 bits per heavy atom. The van der Waals surface area contributed by atoms with Crippen molar-refractivity contribution in [2.45, 2.75) is 31.7 Å². The van der Waals surface area contributed by atoms with Gasteiger partial charge in [0.25, 0.3) is 0 Å². The van der Waals surface area contributed by atoms with Crippen LogP contribution in [0.1, 0.15) is 24.8 Å². The molecule has 132 valence electrons. The van der Waals surface area contributed by atoms with Crippen LogP contribution >= 0.6 is 0 Å². The predicted octanol–water partition coefficient (Wildman–Crippen LogP) is 2.18. The van der Waals surface area contributed by atoms with Crippen LogP contribution in [0.5, 0.6) is 0 Å². The molecule has 1 aromatic carbocycles. The van der Waals surface area contributed by atoms with Gasteiger partial charge in [-0.2, -0.15) is 0 Å². The van der Waals surface area contributed by atoms with Crippen molar-refractivity contribution in [1.82, 2.24) is 9.80 Å². The molecule has 1 unspecified atom stereocenters. The molecule has 0 radical (unpaired) electrons. The van der Waals surface area contributed by atoms with Crippen LogP contribution in [0.3, 0.4) is 0 Å². The van der Waals surface area contributed by atoms with E-state index < -0.39 is 9.84 Å². The van der Waals surface area contributed by atoms with Crippen molar-refractivity contribution in [2.75, 3.05) is 31.6 Å². The molecule has 0 bridgehead atoms. The van der Waals surface area contributed by atoms with E-state index in [1.54, 1.807) is 11.9 Å². The second-order valence-corrected chi connectivity index (χ2v) is 9.30. The zero-order valence-electron chi connectivity index (χ0n) is 14.2. The molecule has 0 saturated carbocycles. The highest BCUT2D eigenvalue weighted by atomic mass is 32.2. The number of carbonyl (C=O) groups is 1. The van der Waals surface area contributed by atoms with Crippen molar-refractivity contribution in [3.8, 4) is 0 Å². The molecular weight excluding hydrogens is 324 g/mol. The molecule has 2 heterocycles. The number of hydrogen-bond donors (Lipinski definition) is 0. The van der Waals surface area contributed by atoms with Crippen LogP contribution in [-0.2, 0) is 16.3 Å². The van der Waals surface area contributed by atoms with Crippen molar-refractivity contribution in [2.24, 2.45) is 5.92 Å². The summed E-state index contributed by atoms with van der Waals surface area (Å²) in [6.45, 7) is 1.53. The predicted molar refractivity (Wildman–Crippen MR) is 94.7 cm³/mol. The second kappa shape index (κ2) is 7.13. The number of sulfone groups is 1. The summed E-state index contributed by atoms with van der Waals surface area (Å²) in [6.07, 6.45) is 3.66. The Morgan fingerprint density at radius 2 is 1.83 bits per heavy atom. The van der Waals surface area contributed by atoms with Gasteiger partial charge in [0.2, 0.25) is 0 Å². The van der Waals surface area contributed by atoms with Crippen molar-refractivity contribution >= 4 is 15.9 Å². The van der Waals surface area contributed by atoms with Crippen LogP contribution in [0.2, 0.25) is 0 Å². The summed E-state index contributed by atoms with van der Waals surface area (Å²) < 4.78 is 23.2. The molecule has 0 aliphatic carbocycles. The number of urea groups is 1. The lowest BCUT2D eigenvalue weighted by atomic mass is 9.90. The monoisotopic (exact) mass is 350 g/mol. The van der Waals surface area contributed by atoms with Crippen LogP contribution in [-0.4, -0.2) is 61.9 Å². The fraction of sp³-hybridized carbons (Fsp3) is 0.611. The first-order valence-electron chi connectivity index (χ1n) is 8.71. The van der Waals surface area contributed by atoms with E-state index in [2.05, 4.69) is 24.3 Å². The summed E-state index contributed by atoms with van der Waals surface area (Å²) in [5.74, 6) is 0.933. The van der Waals surface area contributed by atoms with E-state index in [0.29, 0.717) is 12.3 Å². The zero-order valence-corrected chi connectivity index (χ0v) is 15.0. The first-order valence-corrected chi connectivity index (χ1v) is 10.5. The van der Waals surface area contributed by atoms with Gasteiger partial charge >= 0.3 is 6.03 Å². The summed E-state index contributed by atoms with van der Waals surface area (Å²) in [5.41, 5.74) is 1.36. The van der Waals surface area contributed by atoms with Gasteiger partial charge in [0, 0.05) is 26.2 Å². The molecule has 1 atom stereocenters. The van der Waals surface area contributed by atoms with Crippen molar-refractivity contribution in [1.29, 1.82) is 0 Å². The molecule has 24 heavy (non-hydrogen) atoms. The molecule has 2 amide bonds. The minimum absolute atomic E-state index is 0.0183. The first kappa shape index (κ1) is 17.3. The summed E-state index contributed by atoms with van der Waals surface area (Å²) in [7, 11) is -1.22. The molecule has 6 heteroatoms. The average molecular weight is 350 g/mol. The molecular formula is C18H26N2O3S. The maximum Gasteiger partial charge on any atom is 0.320 e. The van der Waals surface area contributed by atoms with E-state index in [1.807, 2.05) is 11.0 Å². The van der Waals surface area contributed by atoms with E-state index in [4.69, 9.17) is 0 Å². The van der Waals surface area contributed by atoms with E-state index >= 15 is 0 Å². The Hall–Kier alpha value is -1.56. The van der Waals surface area contributed by atoms with Crippen LogP contribution < -0.4 is 0 Å². The standard InChI is InChI=1S/C18H26N2O3S/c1-19(17-9-12-24(22,23)14-17)18(21)20-10-7-16(8-11-20)13-15-5-3-2-4-6-15/h2-6,16-17H,7-14H2,1H3. The lowest BCUT2D eigenvalue weighted by molar-refractivity contribution is 0.130.